The van der Waals surface area contributed by atoms with E-state index in [1.54, 1.807) is 4.52 Å². The van der Waals surface area contributed by atoms with E-state index in [-0.39, 0.29) is 5.41 Å². The van der Waals surface area contributed by atoms with Crippen molar-refractivity contribution >= 4 is 22.8 Å². The summed E-state index contributed by atoms with van der Waals surface area (Å²) in [7, 11) is 0. The number of hydrogen-bond donors (Lipinski definition) is 1. The number of rotatable bonds is 2. The van der Waals surface area contributed by atoms with Crippen molar-refractivity contribution < 1.29 is 0 Å². The fraction of sp³-hybridized carbons (Fsp3) is 0.333. The maximum Gasteiger partial charge on any atom is 0.158 e. The van der Waals surface area contributed by atoms with E-state index in [4.69, 9.17) is 5.73 Å². The summed E-state index contributed by atoms with van der Waals surface area (Å²) in [6.07, 6.45) is 0. The second-order valence-corrected chi connectivity index (χ2v) is 6.97. The highest BCUT2D eigenvalue weighted by Gasteiger charge is 2.20. The van der Waals surface area contributed by atoms with Gasteiger partial charge in [-0.2, -0.15) is 14.7 Å². The number of aromatic nitrogens is 3. The average Bonchev–Trinajstić information content (AvgIpc) is 2.93. The zero-order valence-corrected chi connectivity index (χ0v) is 14.7. The third-order valence-electron chi connectivity index (χ3n) is 3.93. The highest BCUT2D eigenvalue weighted by molar-refractivity contribution is 5.65. The molecule has 0 saturated heterocycles. The van der Waals surface area contributed by atoms with Crippen molar-refractivity contribution in [3.8, 4) is 0 Å². The van der Waals surface area contributed by atoms with Gasteiger partial charge in [0.2, 0.25) is 0 Å². The molecule has 0 bridgehead atoms. The monoisotopic (exact) mass is 322 g/mol. The van der Waals surface area contributed by atoms with Gasteiger partial charge in [-0.25, -0.2) is 4.98 Å². The van der Waals surface area contributed by atoms with Crippen LogP contribution in [0.4, 0.5) is 17.2 Å². The molecule has 0 unspecified atom stereocenters. The van der Waals surface area contributed by atoms with Crippen LogP contribution in [0.1, 0.15) is 37.7 Å². The first-order chi connectivity index (χ1) is 11.3. The molecule has 0 aliphatic heterocycles. The smallest absolute Gasteiger partial charge is 0.158 e. The number of anilines is 1. The number of nitrogens with two attached hydrogens (primary N) is 1. The normalized spacial score (nSPS) is 12.4. The Bertz CT molecular complexity index is 931. The van der Waals surface area contributed by atoms with E-state index < -0.39 is 0 Å². The molecule has 2 aromatic heterocycles. The van der Waals surface area contributed by atoms with Crippen LogP contribution in [0.5, 0.6) is 0 Å². The van der Waals surface area contributed by atoms with E-state index in [0.717, 1.165) is 28.3 Å². The highest BCUT2D eigenvalue weighted by Crippen LogP contribution is 2.30. The van der Waals surface area contributed by atoms with Crippen LogP contribution in [0.15, 0.2) is 40.6 Å². The van der Waals surface area contributed by atoms with Gasteiger partial charge in [0.15, 0.2) is 11.5 Å². The van der Waals surface area contributed by atoms with E-state index in [2.05, 4.69) is 41.1 Å². The van der Waals surface area contributed by atoms with Crippen LogP contribution in [0.3, 0.4) is 0 Å². The molecule has 3 rings (SSSR count). The van der Waals surface area contributed by atoms with Gasteiger partial charge in [-0.15, -0.1) is 5.11 Å². The van der Waals surface area contributed by atoms with Gasteiger partial charge >= 0.3 is 0 Å². The molecule has 6 heteroatoms. The molecule has 0 atom stereocenters. The van der Waals surface area contributed by atoms with Crippen molar-refractivity contribution in [1.82, 2.24) is 14.6 Å². The number of fused-ring (bicyclic) bond motifs is 1. The summed E-state index contributed by atoms with van der Waals surface area (Å²) in [4.78, 5) is 4.57. The summed E-state index contributed by atoms with van der Waals surface area (Å²) in [5.74, 6) is 0.449. The molecule has 0 aliphatic carbocycles. The Hall–Kier alpha value is -2.76. The van der Waals surface area contributed by atoms with Gasteiger partial charge < -0.3 is 5.73 Å². The van der Waals surface area contributed by atoms with Crippen molar-refractivity contribution in [3.05, 3.63) is 47.3 Å². The Morgan fingerprint density at radius 2 is 1.79 bits per heavy atom. The average molecular weight is 322 g/mol. The fourth-order valence-electron chi connectivity index (χ4n) is 2.41. The predicted octanol–water partition coefficient (Wildman–Crippen LogP) is 4.64. The lowest BCUT2D eigenvalue weighted by atomic mass is 9.93. The van der Waals surface area contributed by atoms with Crippen molar-refractivity contribution in [1.29, 1.82) is 0 Å². The minimum atomic E-state index is -0.0725. The molecular formula is C18H22N6. The van der Waals surface area contributed by atoms with Crippen LogP contribution in [-0.4, -0.2) is 14.6 Å². The second kappa shape index (κ2) is 5.70. The summed E-state index contributed by atoms with van der Waals surface area (Å²) < 4.78 is 1.64. The quantitative estimate of drug-likeness (QED) is 0.698. The molecule has 3 aromatic rings. The first-order valence-corrected chi connectivity index (χ1v) is 7.91. The lowest BCUT2D eigenvalue weighted by Gasteiger charge is -2.13. The number of nitrogens with zero attached hydrogens (tertiary/aromatic N) is 5. The molecular weight excluding hydrogens is 300 g/mol. The molecule has 0 amide bonds. The van der Waals surface area contributed by atoms with Crippen LogP contribution in [0, 0.1) is 13.8 Å². The number of hydrogen-bond acceptors (Lipinski definition) is 5. The van der Waals surface area contributed by atoms with Crippen LogP contribution < -0.4 is 5.73 Å². The number of benzene rings is 1. The van der Waals surface area contributed by atoms with Crippen LogP contribution in [0.25, 0.3) is 5.65 Å². The summed E-state index contributed by atoms with van der Waals surface area (Å²) in [6, 6.07) is 9.78. The SMILES string of the molecule is Cc1ccccc1N=Nc1c(C)nc2cc(C(C)(C)C)nn2c1N. The van der Waals surface area contributed by atoms with Gasteiger partial charge in [-0.05, 0) is 25.5 Å². The van der Waals surface area contributed by atoms with E-state index in [1.165, 1.54) is 0 Å². The van der Waals surface area contributed by atoms with E-state index >= 15 is 0 Å². The zero-order chi connectivity index (χ0) is 17.5. The lowest BCUT2D eigenvalue weighted by molar-refractivity contribution is 0.563. The summed E-state index contributed by atoms with van der Waals surface area (Å²) in [5, 5.41) is 13.2. The molecule has 124 valence electrons. The van der Waals surface area contributed by atoms with Crippen molar-refractivity contribution in [3.63, 3.8) is 0 Å². The minimum absolute atomic E-state index is 0.0725. The summed E-state index contributed by atoms with van der Waals surface area (Å²) >= 11 is 0. The molecule has 0 fully saturated rings. The summed E-state index contributed by atoms with van der Waals surface area (Å²) in [5.41, 5.74) is 11.0. The molecule has 0 aliphatic rings. The molecule has 2 heterocycles. The Labute approximate surface area is 141 Å². The Kier molecular flexibility index (Phi) is 3.83. The van der Waals surface area contributed by atoms with Gasteiger partial charge in [0.1, 0.15) is 5.69 Å². The standard InChI is InChI=1S/C18H22N6/c1-11-8-6-7-9-13(11)21-22-16-12(2)20-15-10-14(18(3,4)5)23-24(15)17(16)19/h6-10H,19H2,1-5H3. The van der Waals surface area contributed by atoms with E-state index in [0.29, 0.717) is 11.5 Å². The Balaban J connectivity index is 2.10. The topological polar surface area (TPSA) is 80.9 Å². The maximum absolute atomic E-state index is 6.29. The van der Waals surface area contributed by atoms with Crippen molar-refractivity contribution in [2.24, 2.45) is 10.2 Å². The zero-order valence-electron chi connectivity index (χ0n) is 14.7. The number of nitrogen functional groups attached to an aromatic ring is 1. The van der Waals surface area contributed by atoms with Crippen LogP contribution in [0.2, 0.25) is 0 Å². The van der Waals surface area contributed by atoms with Gasteiger partial charge in [0.25, 0.3) is 0 Å². The number of aryl methyl sites for hydroxylation is 2. The molecule has 0 saturated carbocycles. The Morgan fingerprint density at radius 1 is 1.08 bits per heavy atom. The van der Waals surface area contributed by atoms with E-state index in [9.17, 15) is 0 Å². The molecule has 1 aromatic carbocycles. The minimum Gasteiger partial charge on any atom is -0.382 e. The van der Waals surface area contributed by atoms with Gasteiger partial charge in [0.05, 0.1) is 17.1 Å². The lowest BCUT2D eigenvalue weighted by Crippen LogP contribution is -2.12. The first kappa shape index (κ1) is 16.1. The highest BCUT2D eigenvalue weighted by atomic mass is 15.3. The molecule has 0 spiro atoms. The second-order valence-electron chi connectivity index (χ2n) is 6.97. The molecule has 24 heavy (non-hydrogen) atoms. The van der Waals surface area contributed by atoms with Gasteiger partial charge in [0, 0.05) is 11.5 Å². The number of azo groups is 1. The molecule has 0 radical (unpaired) electrons. The van der Waals surface area contributed by atoms with Crippen molar-refractivity contribution in [2.45, 2.75) is 40.0 Å². The molecule has 6 nitrogen and oxygen atoms in total. The van der Waals surface area contributed by atoms with Crippen LogP contribution >= 0.6 is 0 Å². The van der Waals surface area contributed by atoms with Gasteiger partial charge in [-0.3, -0.25) is 0 Å². The molecule has 2 N–H and O–H groups in total. The maximum atomic E-state index is 6.29. The van der Waals surface area contributed by atoms with E-state index in [1.807, 2.05) is 44.2 Å². The summed E-state index contributed by atoms with van der Waals surface area (Å²) in [6.45, 7) is 10.2. The third-order valence-corrected chi connectivity index (χ3v) is 3.93. The van der Waals surface area contributed by atoms with Gasteiger partial charge in [-0.1, -0.05) is 39.0 Å². The first-order valence-electron chi connectivity index (χ1n) is 7.91. The predicted molar refractivity (Wildman–Crippen MR) is 96.2 cm³/mol. The van der Waals surface area contributed by atoms with Crippen LogP contribution in [-0.2, 0) is 5.41 Å². The fourth-order valence-corrected chi connectivity index (χ4v) is 2.41. The largest absolute Gasteiger partial charge is 0.382 e. The Morgan fingerprint density at radius 3 is 2.46 bits per heavy atom. The van der Waals surface area contributed by atoms with Crippen molar-refractivity contribution in [2.75, 3.05) is 5.73 Å². The third kappa shape index (κ3) is 2.87.